The molecule has 1 amide bonds. The number of carboxylic acid groups (broad SMARTS) is 1. The van der Waals surface area contributed by atoms with Gasteiger partial charge in [0.2, 0.25) is 0 Å². The molecule has 120 valence electrons. The van der Waals surface area contributed by atoms with Crippen LogP contribution in [0.25, 0.3) is 0 Å². The van der Waals surface area contributed by atoms with Gasteiger partial charge in [0.15, 0.2) is 0 Å². The maximum Gasteiger partial charge on any atom is 0.416 e. The summed E-state index contributed by atoms with van der Waals surface area (Å²) in [5.41, 5.74) is -1.66. The van der Waals surface area contributed by atoms with Crippen molar-refractivity contribution in [2.75, 3.05) is 0 Å². The molecule has 1 heterocycles. The van der Waals surface area contributed by atoms with Gasteiger partial charge in [-0.3, -0.25) is 9.78 Å². The Hall–Kier alpha value is -2.90. The van der Waals surface area contributed by atoms with Gasteiger partial charge in [-0.1, -0.05) is 6.07 Å². The highest BCUT2D eigenvalue weighted by Gasteiger charge is 2.32. The van der Waals surface area contributed by atoms with E-state index in [1.165, 1.54) is 6.20 Å². The number of aromatic nitrogens is 1. The highest BCUT2D eigenvalue weighted by molar-refractivity contribution is 6.04. The number of halogens is 3. The van der Waals surface area contributed by atoms with Crippen LogP contribution in [0, 0.1) is 0 Å². The van der Waals surface area contributed by atoms with Crippen LogP contribution in [0.5, 0.6) is 0 Å². The van der Waals surface area contributed by atoms with Crippen LogP contribution >= 0.6 is 0 Å². The number of alkyl halides is 3. The monoisotopic (exact) mass is 324 g/mol. The number of pyridine rings is 1. The predicted octanol–water partition coefficient (Wildman–Crippen LogP) is 2.73. The second kappa shape index (κ2) is 6.47. The molecule has 5 nitrogen and oxygen atoms in total. The first-order chi connectivity index (χ1) is 10.8. The minimum absolute atomic E-state index is 0.0328. The van der Waals surface area contributed by atoms with Gasteiger partial charge in [0, 0.05) is 6.20 Å². The van der Waals surface area contributed by atoms with Gasteiger partial charge in [0.25, 0.3) is 5.91 Å². The molecule has 8 heteroatoms. The quantitative estimate of drug-likeness (QED) is 0.906. The molecule has 23 heavy (non-hydrogen) atoms. The van der Waals surface area contributed by atoms with Crippen molar-refractivity contribution in [1.29, 1.82) is 0 Å². The number of nitrogens with zero attached hydrogens (tertiary/aromatic N) is 1. The number of carbonyl (C=O) groups excluding carboxylic acids is 1. The zero-order chi connectivity index (χ0) is 17.0. The van der Waals surface area contributed by atoms with Crippen LogP contribution in [0.2, 0.25) is 0 Å². The third-order valence-electron chi connectivity index (χ3n) is 2.98. The molecular formula is C15H11F3N2O3. The average Bonchev–Trinajstić information content (AvgIpc) is 2.52. The summed E-state index contributed by atoms with van der Waals surface area (Å²) in [4.78, 5) is 27.1. The van der Waals surface area contributed by atoms with Crippen LogP contribution in [0.4, 0.5) is 13.2 Å². The summed E-state index contributed by atoms with van der Waals surface area (Å²) < 4.78 is 38.2. The summed E-state index contributed by atoms with van der Waals surface area (Å²) in [6.45, 7) is -0.0328. The molecule has 2 aromatic rings. The van der Waals surface area contributed by atoms with E-state index in [0.29, 0.717) is 17.8 Å². The Labute approximate surface area is 128 Å². The number of nitrogens with one attached hydrogen (secondary N) is 1. The van der Waals surface area contributed by atoms with E-state index in [9.17, 15) is 22.8 Å². The van der Waals surface area contributed by atoms with E-state index >= 15 is 0 Å². The van der Waals surface area contributed by atoms with Gasteiger partial charge >= 0.3 is 12.1 Å². The molecule has 1 aromatic carbocycles. The number of carbonyl (C=O) groups is 2. The van der Waals surface area contributed by atoms with Gasteiger partial charge in [-0.2, -0.15) is 13.2 Å². The molecule has 0 saturated carbocycles. The molecule has 0 spiro atoms. The molecule has 0 radical (unpaired) electrons. The van der Waals surface area contributed by atoms with Gasteiger partial charge in [-0.15, -0.1) is 0 Å². The molecule has 2 rings (SSSR count). The zero-order valence-corrected chi connectivity index (χ0v) is 11.6. The summed E-state index contributed by atoms with van der Waals surface area (Å²) in [5, 5.41) is 11.4. The molecule has 0 unspecified atom stereocenters. The topological polar surface area (TPSA) is 79.3 Å². The fourth-order valence-electron chi connectivity index (χ4n) is 1.86. The second-order valence-electron chi connectivity index (χ2n) is 4.57. The maximum absolute atomic E-state index is 12.7. The van der Waals surface area contributed by atoms with Crippen LogP contribution in [0.1, 0.15) is 32.0 Å². The van der Waals surface area contributed by atoms with Crippen molar-refractivity contribution in [2.24, 2.45) is 0 Å². The van der Waals surface area contributed by atoms with Gasteiger partial charge in [-0.25, -0.2) is 4.79 Å². The van der Waals surface area contributed by atoms with Crippen molar-refractivity contribution in [3.8, 4) is 0 Å². The first-order valence-corrected chi connectivity index (χ1v) is 6.41. The molecular weight excluding hydrogens is 313 g/mol. The molecule has 0 saturated heterocycles. The van der Waals surface area contributed by atoms with Crippen LogP contribution in [0.3, 0.4) is 0 Å². The standard InChI is InChI=1S/C15H11F3N2O3/c16-15(17,18)9-4-5-11(14(22)23)12(7-9)13(21)20-8-10-3-1-2-6-19-10/h1-7H,8H2,(H,20,21)(H,22,23). The van der Waals surface area contributed by atoms with E-state index < -0.39 is 34.7 Å². The Kier molecular flexibility index (Phi) is 4.63. The summed E-state index contributed by atoms with van der Waals surface area (Å²) in [7, 11) is 0. The van der Waals surface area contributed by atoms with E-state index in [-0.39, 0.29) is 6.54 Å². The first kappa shape index (κ1) is 16.5. The van der Waals surface area contributed by atoms with Crippen LogP contribution < -0.4 is 5.32 Å². The molecule has 0 fully saturated rings. The number of amides is 1. The fraction of sp³-hybridized carbons (Fsp3) is 0.133. The van der Waals surface area contributed by atoms with Crippen molar-refractivity contribution >= 4 is 11.9 Å². The Morgan fingerprint density at radius 1 is 1.13 bits per heavy atom. The fourth-order valence-corrected chi connectivity index (χ4v) is 1.86. The van der Waals surface area contributed by atoms with Crippen molar-refractivity contribution in [3.05, 3.63) is 65.0 Å². The number of benzene rings is 1. The Balaban J connectivity index is 2.28. The van der Waals surface area contributed by atoms with Gasteiger partial charge < -0.3 is 10.4 Å². The number of hydrogen-bond acceptors (Lipinski definition) is 3. The van der Waals surface area contributed by atoms with E-state index in [1.54, 1.807) is 18.2 Å². The third kappa shape index (κ3) is 4.06. The Morgan fingerprint density at radius 2 is 1.87 bits per heavy atom. The van der Waals surface area contributed by atoms with E-state index in [1.807, 2.05) is 0 Å². The highest BCUT2D eigenvalue weighted by Crippen LogP contribution is 2.30. The number of aromatic carboxylic acids is 1. The lowest BCUT2D eigenvalue weighted by molar-refractivity contribution is -0.137. The molecule has 0 bridgehead atoms. The van der Waals surface area contributed by atoms with Crippen LogP contribution in [-0.2, 0) is 12.7 Å². The van der Waals surface area contributed by atoms with E-state index in [0.717, 1.165) is 6.07 Å². The molecule has 0 aliphatic rings. The van der Waals surface area contributed by atoms with Gasteiger partial charge in [-0.05, 0) is 30.3 Å². The minimum atomic E-state index is -4.67. The summed E-state index contributed by atoms with van der Waals surface area (Å²) >= 11 is 0. The number of rotatable bonds is 4. The summed E-state index contributed by atoms with van der Waals surface area (Å²) in [6, 6.07) is 6.88. The largest absolute Gasteiger partial charge is 0.478 e. The lowest BCUT2D eigenvalue weighted by Gasteiger charge is -2.11. The predicted molar refractivity (Wildman–Crippen MR) is 73.8 cm³/mol. The Morgan fingerprint density at radius 3 is 2.43 bits per heavy atom. The first-order valence-electron chi connectivity index (χ1n) is 6.41. The second-order valence-corrected chi connectivity index (χ2v) is 4.57. The van der Waals surface area contributed by atoms with Gasteiger partial charge in [0.1, 0.15) is 0 Å². The van der Waals surface area contributed by atoms with Gasteiger partial charge in [0.05, 0.1) is 28.9 Å². The molecule has 1 aromatic heterocycles. The van der Waals surface area contributed by atoms with E-state index in [4.69, 9.17) is 5.11 Å². The van der Waals surface area contributed by atoms with Crippen molar-refractivity contribution in [3.63, 3.8) is 0 Å². The summed E-state index contributed by atoms with van der Waals surface area (Å²) in [6.07, 6.45) is -3.18. The maximum atomic E-state index is 12.7. The zero-order valence-electron chi connectivity index (χ0n) is 11.6. The summed E-state index contributed by atoms with van der Waals surface area (Å²) in [5.74, 6) is -2.40. The average molecular weight is 324 g/mol. The number of carboxylic acids is 1. The third-order valence-corrected chi connectivity index (χ3v) is 2.98. The van der Waals surface area contributed by atoms with E-state index in [2.05, 4.69) is 10.3 Å². The van der Waals surface area contributed by atoms with Crippen molar-refractivity contribution in [2.45, 2.75) is 12.7 Å². The lowest BCUT2D eigenvalue weighted by atomic mass is 10.0. The molecule has 2 N–H and O–H groups in total. The Bertz CT molecular complexity index is 730. The van der Waals surface area contributed by atoms with Crippen LogP contribution in [-0.4, -0.2) is 22.0 Å². The molecule has 0 atom stereocenters. The van der Waals surface area contributed by atoms with Crippen LogP contribution in [0.15, 0.2) is 42.6 Å². The minimum Gasteiger partial charge on any atom is -0.478 e. The smallest absolute Gasteiger partial charge is 0.416 e. The lowest BCUT2D eigenvalue weighted by Crippen LogP contribution is -2.26. The molecule has 0 aliphatic heterocycles. The normalized spacial score (nSPS) is 11.1. The van der Waals surface area contributed by atoms with Crippen molar-refractivity contribution in [1.82, 2.24) is 10.3 Å². The highest BCUT2D eigenvalue weighted by atomic mass is 19.4. The molecule has 0 aliphatic carbocycles. The SMILES string of the molecule is O=C(O)c1ccc(C(F)(F)F)cc1C(=O)NCc1ccccn1. The number of hydrogen-bond donors (Lipinski definition) is 2. The van der Waals surface area contributed by atoms with Crippen molar-refractivity contribution < 1.29 is 27.9 Å².